The molecule has 0 saturated carbocycles. The molecule has 1 fully saturated rings. The lowest BCUT2D eigenvalue weighted by Crippen LogP contribution is -2.22. The van der Waals surface area contributed by atoms with E-state index < -0.39 is 0 Å². The highest BCUT2D eigenvalue weighted by Gasteiger charge is 2.26. The van der Waals surface area contributed by atoms with Crippen LogP contribution in [0.1, 0.15) is 30.1 Å². The standard InChI is InChI=1S/C12H17N3O/c1-9-10(5-6-12(13-2)14-9)11-4-3-7-15(11)8-16/h5-6,8,11H,3-4,7H2,1-2H3,(H,13,14). The molecule has 1 aromatic rings. The minimum absolute atomic E-state index is 0.218. The van der Waals surface area contributed by atoms with Crippen molar-refractivity contribution in [2.75, 3.05) is 18.9 Å². The molecule has 0 bridgehead atoms. The normalized spacial score (nSPS) is 19.9. The highest BCUT2D eigenvalue weighted by Crippen LogP contribution is 2.32. The Bertz CT molecular complexity index is 392. The van der Waals surface area contributed by atoms with E-state index in [1.54, 1.807) is 0 Å². The molecule has 2 heterocycles. The van der Waals surface area contributed by atoms with Crippen molar-refractivity contribution >= 4 is 12.2 Å². The van der Waals surface area contributed by atoms with Gasteiger partial charge in [-0.15, -0.1) is 0 Å². The molecule has 1 aliphatic heterocycles. The van der Waals surface area contributed by atoms with Crippen LogP contribution in [0.2, 0.25) is 0 Å². The van der Waals surface area contributed by atoms with E-state index >= 15 is 0 Å². The van der Waals surface area contributed by atoms with Gasteiger partial charge in [-0.05, 0) is 31.4 Å². The highest BCUT2D eigenvalue weighted by atomic mass is 16.1. The average molecular weight is 219 g/mol. The van der Waals surface area contributed by atoms with Crippen molar-refractivity contribution in [3.8, 4) is 0 Å². The van der Waals surface area contributed by atoms with Crippen LogP contribution >= 0.6 is 0 Å². The Morgan fingerprint density at radius 2 is 2.38 bits per heavy atom. The summed E-state index contributed by atoms with van der Waals surface area (Å²) in [6, 6.07) is 4.25. The molecule has 0 radical (unpaired) electrons. The van der Waals surface area contributed by atoms with Gasteiger partial charge in [0.15, 0.2) is 0 Å². The van der Waals surface area contributed by atoms with Gasteiger partial charge in [0.2, 0.25) is 6.41 Å². The topological polar surface area (TPSA) is 45.2 Å². The molecule has 1 aromatic heterocycles. The molecule has 1 aliphatic rings. The molecule has 4 heteroatoms. The number of carbonyl (C=O) groups is 1. The van der Waals surface area contributed by atoms with Crippen LogP contribution < -0.4 is 5.32 Å². The first kappa shape index (κ1) is 10.9. The van der Waals surface area contributed by atoms with E-state index in [9.17, 15) is 4.79 Å². The van der Waals surface area contributed by atoms with Crippen molar-refractivity contribution in [1.82, 2.24) is 9.88 Å². The summed E-state index contributed by atoms with van der Waals surface area (Å²) < 4.78 is 0. The largest absolute Gasteiger partial charge is 0.373 e. The fraction of sp³-hybridized carbons (Fsp3) is 0.500. The summed E-state index contributed by atoms with van der Waals surface area (Å²) in [5.41, 5.74) is 2.18. The van der Waals surface area contributed by atoms with E-state index in [4.69, 9.17) is 0 Å². The number of aryl methyl sites for hydroxylation is 1. The van der Waals surface area contributed by atoms with Crippen molar-refractivity contribution in [2.45, 2.75) is 25.8 Å². The van der Waals surface area contributed by atoms with Gasteiger partial charge in [0, 0.05) is 19.3 Å². The first-order valence-corrected chi connectivity index (χ1v) is 5.62. The maximum absolute atomic E-state index is 10.9. The lowest BCUT2D eigenvalue weighted by atomic mass is 10.0. The fourth-order valence-corrected chi connectivity index (χ4v) is 2.31. The van der Waals surface area contributed by atoms with Gasteiger partial charge in [0.25, 0.3) is 0 Å². The number of nitrogens with one attached hydrogen (secondary N) is 1. The smallest absolute Gasteiger partial charge is 0.210 e. The molecular weight excluding hydrogens is 202 g/mol. The Kier molecular flexibility index (Phi) is 3.08. The van der Waals surface area contributed by atoms with E-state index in [1.165, 1.54) is 5.56 Å². The summed E-state index contributed by atoms with van der Waals surface area (Å²) in [4.78, 5) is 17.2. The first-order chi connectivity index (χ1) is 7.76. The maximum atomic E-state index is 10.9. The van der Waals surface area contributed by atoms with Gasteiger partial charge in [-0.3, -0.25) is 4.79 Å². The van der Waals surface area contributed by atoms with Crippen LogP contribution in [-0.4, -0.2) is 29.9 Å². The molecule has 16 heavy (non-hydrogen) atoms. The molecule has 1 unspecified atom stereocenters. The van der Waals surface area contributed by atoms with Gasteiger partial charge in [-0.2, -0.15) is 0 Å². The summed E-state index contributed by atoms with van der Waals surface area (Å²) in [6.45, 7) is 2.86. The summed E-state index contributed by atoms with van der Waals surface area (Å²) in [6.07, 6.45) is 3.07. The number of hydrogen-bond acceptors (Lipinski definition) is 3. The zero-order valence-corrected chi connectivity index (χ0v) is 9.73. The molecule has 0 aromatic carbocycles. The predicted octanol–water partition coefficient (Wildman–Crippen LogP) is 1.73. The van der Waals surface area contributed by atoms with Gasteiger partial charge >= 0.3 is 0 Å². The summed E-state index contributed by atoms with van der Waals surface area (Å²) >= 11 is 0. The van der Waals surface area contributed by atoms with E-state index in [-0.39, 0.29) is 6.04 Å². The molecule has 2 rings (SSSR count). The highest BCUT2D eigenvalue weighted by molar-refractivity contribution is 5.50. The second-order valence-corrected chi connectivity index (χ2v) is 4.12. The molecule has 86 valence electrons. The lowest BCUT2D eigenvalue weighted by molar-refractivity contribution is -0.118. The third kappa shape index (κ3) is 1.87. The number of likely N-dealkylation sites (tertiary alicyclic amines) is 1. The van der Waals surface area contributed by atoms with E-state index in [0.29, 0.717) is 0 Å². The van der Waals surface area contributed by atoms with E-state index in [1.807, 2.05) is 24.9 Å². The van der Waals surface area contributed by atoms with Crippen molar-refractivity contribution < 1.29 is 4.79 Å². The quantitative estimate of drug-likeness (QED) is 0.787. The number of rotatable bonds is 3. The fourth-order valence-electron chi connectivity index (χ4n) is 2.31. The Labute approximate surface area is 95.7 Å². The van der Waals surface area contributed by atoms with Gasteiger partial charge in [-0.1, -0.05) is 6.07 Å². The molecule has 1 saturated heterocycles. The minimum atomic E-state index is 0.218. The molecule has 1 atom stereocenters. The van der Waals surface area contributed by atoms with Crippen LogP contribution in [0.4, 0.5) is 5.82 Å². The number of pyridine rings is 1. The molecule has 4 nitrogen and oxygen atoms in total. The van der Waals surface area contributed by atoms with Crippen LogP contribution in [0.25, 0.3) is 0 Å². The number of amides is 1. The third-order valence-electron chi connectivity index (χ3n) is 3.17. The Morgan fingerprint density at radius 1 is 1.56 bits per heavy atom. The number of hydrogen-bond donors (Lipinski definition) is 1. The molecule has 1 amide bonds. The average Bonchev–Trinajstić information content (AvgIpc) is 2.76. The summed E-state index contributed by atoms with van der Waals surface area (Å²) in [7, 11) is 1.86. The zero-order valence-electron chi connectivity index (χ0n) is 9.73. The van der Waals surface area contributed by atoms with Gasteiger partial charge in [0.05, 0.1) is 6.04 Å². The lowest BCUT2D eigenvalue weighted by Gasteiger charge is -2.21. The Hall–Kier alpha value is -1.58. The van der Waals surface area contributed by atoms with Crippen molar-refractivity contribution in [3.63, 3.8) is 0 Å². The number of nitrogens with zero attached hydrogens (tertiary/aromatic N) is 2. The Morgan fingerprint density at radius 3 is 3.00 bits per heavy atom. The molecule has 1 N–H and O–H groups in total. The molecule has 0 aliphatic carbocycles. The summed E-state index contributed by atoms with van der Waals surface area (Å²) in [5.74, 6) is 0.872. The number of aromatic nitrogens is 1. The zero-order chi connectivity index (χ0) is 11.5. The van der Waals surface area contributed by atoms with Gasteiger partial charge < -0.3 is 10.2 Å². The van der Waals surface area contributed by atoms with Crippen LogP contribution in [-0.2, 0) is 4.79 Å². The third-order valence-corrected chi connectivity index (χ3v) is 3.17. The molecular formula is C12H17N3O. The van der Waals surface area contributed by atoms with Crippen molar-refractivity contribution in [1.29, 1.82) is 0 Å². The number of carbonyl (C=O) groups excluding carboxylic acids is 1. The first-order valence-electron chi connectivity index (χ1n) is 5.62. The SMILES string of the molecule is CNc1ccc(C2CCCN2C=O)c(C)n1. The minimum Gasteiger partial charge on any atom is -0.373 e. The van der Waals surface area contributed by atoms with Crippen LogP contribution in [0.5, 0.6) is 0 Å². The second kappa shape index (κ2) is 4.51. The predicted molar refractivity (Wildman–Crippen MR) is 63.3 cm³/mol. The van der Waals surface area contributed by atoms with Crippen molar-refractivity contribution in [2.24, 2.45) is 0 Å². The van der Waals surface area contributed by atoms with Crippen molar-refractivity contribution in [3.05, 3.63) is 23.4 Å². The van der Waals surface area contributed by atoms with Crippen LogP contribution in [0.3, 0.4) is 0 Å². The van der Waals surface area contributed by atoms with Gasteiger partial charge in [0.1, 0.15) is 5.82 Å². The Balaban J connectivity index is 2.29. The van der Waals surface area contributed by atoms with Crippen LogP contribution in [0, 0.1) is 6.92 Å². The maximum Gasteiger partial charge on any atom is 0.210 e. The second-order valence-electron chi connectivity index (χ2n) is 4.12. The van der Waals surface area contributed by atoms with Gasteiger partial charge in [-0.25, -0.2) is 4.98 Å². The monoisotopic (exact) mass is 219 g/mol. The number of anilines is 1. The summed E-state index contributed by atoms with van der Waals surface area (Å²) in [5, 5.41) is 3.02. The van der Waals surface area contributed by atoms with E-state index in [2.05, 4.69) is 16.4 Å². The van der Waals surface area contributed by atoms with E-state index in [0.717, 1.165) is 37.3 Å². The molecule has 0 spiro atoms. The van der Waals surface area contributed by atoms with Crippen LogP contribution in [0.15, 0.2) is 12.1 Å².